The van der Waals surface area contributed by atoms with Gasteiger partial charge in [0.2, 0.25) is 0 Å². The summed E-state index contributed by atoms with van der Waals surface area (Å²) in [5.41, 5.74) is 0.369. The summed E-state index contributed by atoms with van der Waals surface area (Å²) < 4.78 is 0. The fourth-order valence-electron chi connectivity index (χ4n) is 2.32. The number of hydrogen-bond acceptors (Lipinski definition) is 3. The average molecular weight is 346 g/mol. The lowest BCUT2D eigenvalue weighted by molar-refractivity contribution is -0.139. The van der Waals surface area contributed by atoms with Crippen LogP contribution in [-0.4, -0.2) is 47.7 Å². The Hall–Kier alpha value is -1.50. The highest BCUT2D eigenvalue weighted by Gasteiger charge is 2.24. The number of carbonyl (C=O) groups is 2. The lowest BCUT2D eigenvalue weighted by atomic mass is 10.2. The second-order valence-corrected chi connectivity index (χ2v) is 5.96. The number of nitrogens with zero attached hydrogens (tertiary/aromatic N) is 1. The van der Waals surface area contributed by atoms with E-state index in [4.69, 9.17) is 23.2 Å². The van der Waals surface area contributed by atoms with E-state index in [-0.39, 0.29) is 11.6 Å². The maximum absolute atomic E-state index is 11.9. The molecule has 0 aliphatic carbocycles. The van der Waals surface area contributed by atoms with Gasteiger partial charge in [-0.25, -0.2) is 9.59 Å². The van der Waals surface area contributed by atoms with Gasteiger partial charge in [-0.15, -0.1) is 0 Å². The number of anilines is 1. The molecule has 0 bridgehead atoms. The summed E-state index contributed by atoms with van der Waals surface area (Å²) in [6.45, 7) is 2.00. The number of likely N-dealkylation sites (tertiary alicyclic amines) is 1. The summed E-state index contributed by atoms with van der Waals surface area (Å²) in [6.07, 6.45) is 2.11. The number of halogens is 2. The van der Waals surface area contributed by atoms with Crippen LogP contribution < -0.4 is 10.6 Å². The van der Waals surface area contributed by atoms with Gasteiger partial charge in [0.15, 0.2) is 0 Å². The summed E-state index contributed by atoms with van der Waals surface area (Å²) in [6, 6.07) is 3.06. The number of urea groups is 1. The minimum atomic E-state index is -1.07. The monoisotopic (exact) mass is 345 g/mol. The SMILES string of the molecule is O=C(Nc1ccc(Cl)cc1Cl)NC(CN1CCCC1)C(=O)O. The van der Waals surface area contributed by atoms with Gasteiger partial charge in [0.25, 0.3) is 0 Å². The van der Waals surface area contributed by atoms with Crippen molar-refractivity contribution in [3.8, 4) is 0 Å². The number of benzene rings is 1. The third-order valence-corrected chi connectivity index (χ3v) is 3.97. The maximum Gasteiger partial charge on any atom is 0.327 e. The van der Waals surface area contributed by atoms with Crippen LogP contribution in [0.5, 0.6) is 0 Å². The molecule has 1 aromatic carbocycles. The Kier molecular flexibility index (Phi) is 5.88. The molecule has 1 saturated heterocycles. The number of amides is 2. The van der Waals surface area contributed by atoms with Crippen LogP contribution in [-0.2, 0) is 4.79 Å². The van der Waals surface area contributed by atoms with Crippen molar-refractivity contribution in [2.75, 3.05) is 25.0 Å². The molecule has 1 aliphatic rings. The maximum atomic E-state index is 11.9. The zero-order valence-electron chi connectivity index (χ0n) is 11.8. The molecule has 1 heterocycles. The second kappa shape index (κ2) is 7.67. The van der Waals surface area contributed by atoms with E-state index in [1.807, 2.05) is 4.90 Å². The molecule has 0 spiro atoms. The standard InChI is InChI=1S/C14H17Cl2N3O3/c15-9-3-4-11(10(16)7-9)17-14(22)18-12(13(20)21)8-19-5-1-2-6-19/h3-4,7,12H,1-2,5-6,8H2,(H,20,21)(H2,17,18,22). The number of carboxylic acids is 1. The van der Waals surface area contributed by atoms with Crippen LogP contribution in [0.25, 0.3) is 0 Å². The predicted molar refractivity (Wildman–Crippen MR) is 85.7 cm³/mol. The molecule has 0 saturated carbocycles. The number of nitrogens with one attached hydrogen (secondary N) is 2. The lowest BCUT2D eigenvalue weighted by Gasteiger charge is -2.21. The minimum Gasteiger partial charge on any atom is -0.480 e. The first-order valence-corrected chi connectivity index (χ1v) is 7.69. The number of carbonyl (C=O) groups excluding carboxylic acids is 1. The summed E-state index contributed by atoms with van der Waals surface area (Å²) >= 11 is 11.7. The number of carboxylic acid groups (broad SMARTS) is 1. The Labute approximate surface area is 138 Å². The molecule has 0 radical (unpaired) electrons. The molecule has 1 aromatic rings. The molecule has 2 rings (SSSR count). The van der Waals surface area contributed by atoms with Crippen LogP contribution in [0.4, 0.5) is 10.5 Å². The van der Waals surface area contributed by atoms with Gasteiger partial charge < -0.3 is 20.6 Å². The van der Waals surface area contributed by atoms with Gasteiger partial charge in [0, 0.05) is 11.6 Å². The first-order valence-electron chi connectivity index (χ1n) is 6.93. The predicted octanol–water partition coefficient (Wildman–Crippen LogP) is 2.66. The molecule has 1 aliphatic heterocycles. The van der Waals surface area contributed by atoms with Crippen molar-refractivity contribution in [2.24, 2.45) is 0 Å². The Balaban J connectivity index is 1.94. The Morgan fingerprint density at radius 1 is 1.27 bits per heavy atom. The fourth-order valence-corrected chi connectivity index (χ4v) is 2.77. The van der Waals surface area contributed by atoms with Crippen molar-refractivity contribution in [2.45, 2.75) is 18.9 Å². The molecule has 1 atom stereocenters. The summed E-state index contributed by atoms with van der Waals surface area (Å²) in [7, 11) is 0. The van der Waals surface area contributed by atoms with Gasteiger partial charge >= 0.3 is 12.0 Å². The van der Waals surface area contributed by atoms with Gasteiger partial charge in [0.05, 0.1) is 10.7 Å². The molecule has 0 aromatic heterocycles. The normalized spacial score (nSPS) is 16.3. The summed E-state index contributed by atoms with van der Waals surface area (Å²) in [5.74, 6) is -1.07. The van der Waals surface area contributed by atoms with E-state index in [1.54, 1.807) is 12.1 Å². The van der Waals surface area contributed by atoms with Crippen molar-refractivity contribution in [3.63, 3.8) is 0 Å². The van der Waals surface area contributed by atoms with Gasteiger partial charge in [-0.3, -0.25) is 0 Å². The molecule has 22 heavy (non-hydrogen) atoms. The van der Waals surface area contributed by atoms with Crippen LogP contribution >= 0.6 is 23.2 Å². The van der Waals surface area contributed by atoms with Gasteiger partial charge in [-0.2, -0.15) is 0 Å². The fraction of sp³-hybridized carbons (Fsp3) is 0.429. The summed E-state index contributed by atoms with van der Waals surface area (Å²) in [4.78, 5) is 25.2. The molecule has 2 amide bonds. The third kappa shape index (κ3) is 4.76. The molecule has 1 fully saturated rings. The summed E-state index contributed by atoms with van der Waals surface area (Å²) in [5, 5.41) is 14.9. The van der Waals surface area contributed by atoms with Gasteiger partial charge in [-0.05, 0) is 44.1 Å². The molecular weight excluding hydrogens is 329 g/mol. The molecule has 6 nitrogen and oxygen atoms in total. The first kappa shape index (κ1) is 16.9. The second-order valence-electron chi connectivity index (χ2n) is 5.12. The van der Waals surface area contributed by atoms with E-state index < -0.39 is 18.0 Å². The molecular formula is C14H17Cl2N3O3. The van der Waals surface area contributed by atoms with Gasteiger partial charge in [-0.1, -0.05) is 23.2 Å². The largest absolute Gasteiger partial charge is 0.480 e. The Bertz CT molecular complexity index is 562. The number of rotatable bonds is 5. The highest BCUT2D eigenvalue weighted by molar-refractivity contribution is 6.36. The number of hydrogen-bond donors (Lipinski definition) is 3. The average Bonchev–Trinajstić information content (AvgIpc) is 2.94. The van der Waals surface area contributed by atoms with E-state index in [2.05, 4.69) is 10.6 Å². The third-order valence-electron chi connectivity index (χ3n) is 3.42. The van der Waals surface area contributed by atoms with Gasteiger partial charge in [0.1, 0.15) is 6.04 Å². The van der Waals surface area contributed by atoms with Crippen LogP contribution in [0.1, 0.15) is 12.8 Å². The van der Waals surface area contributed by atoms with Crippen LogP contribution in [0.15, 0.2) is 18.2 Å². The van der Waals surface area contributed by atoms with Crippen molar-refractivity contribution in [1.29, 1.82) is 0 Å². The van der Waals surface area contributed by atoms with Crippen LogP contribution in [0.3, 0.4) is 0 Å². The highest BCUT2D eigenvalue weighted by atomic mass is 35.5. The molecule has 120 valence electrons. The quantitative estimate of drug-likeness (QED) is 0.766. The first-order chi connectivity index (χ1) is 10.5. The minimum absolute atomic E-state index is 0.286. The van der Waals surface area contributed by atoms with E-state index >= 15 is 0 Å². The van der Waals surface area contributed by atoms with E-state index in [0.29, 0.717) is 10.7 Å². The zero-order valence-corrected chi connectivity index (χ0v) is 13.3. The van der Waals surface area contributed by atoms with E-state index in [0.717, 1.165) is 25.9 Å². The van der Waals surface area contributed by atoms with Crippen molar-refractivity contribution in [3.05, 3.63) is 28.2 Å². The van der Waals surface area contributed by atoms with Crippen LogP contribution in [0.2, 0.25) is 10.0 Å². The molecule has 8 heteroatoms. The van der Waals surface area contributed by atoms with Crippen LogP contribution in [0, 0.1) is 0 Å². The smallest absolute Gasteiger partial charge is 0.327 e. The van der Waals surface area contributed by atoms with Crippen molar-refractivity contribution in [1.82, 2.24) is 10.2 Å². The topological polar surface area (TPSA) is 81.7 Å². The Morgan fingerprint density at radius 2 is 1.95 bits per heavy atom. The van der Waals surface area contributed by atoms with Crippen molar-refractivity contribution < 1.29 is 14.7 Å². The zero-order chi connectivity index (χ0) is 16.1. The lowest BCUT2D eigenvalue weighted by Crippen LogP contribution is -2.49. The number of aliphatic carboxylic acids is 1. The van der Waals surface area contributed by atoms with Crippen molar-refractivity contribution >= 4 is 40.9 Å². The molecule has 1 unspecified atom stereocenters. The molecule has 3 N–H and O–H groups in total. The van der Waals surface area contributed by atoms with E-state index in [9.17, 15) is 14.7 Å². The van der Waals surface area contributed by atoms with E-state index in [1.165, 1.54) is 6.07 Å². The highest BCUT2D eigenvalue weighted by Crippen LogP contribution is 2.25. The Morgan fingerprint density at radius 3 is 2.55 bits per heavy atom.